The fourth-order valence-electron chi connectivity index (χ4n) is 5.83. The Morgan fingerprint density at radius 1 is 1.19 bits per heavy atom. The van der Waals surface area contributed by atoms with Gasteiger partial charge in [0, 0.05) is 50.8 Å². The van der Waals surface area contributed by atoms with Gasteiger partial charge >= 0.3 is 0 Å². The lowest BCUT2D eigenvalue weighted by atomic mass is 9.79. The van der Waals surface area contributed by atoms with Crippen LogP contribution < -0.4 is 11.1 Å². The molecule has 4 N–H and O–H groups in total. The van der Waals surface area contributed by atoms with Crippen molar-refractivity contribution in [3.05, 3.63) is 77.8 Å². The van der Waals surface area contributed by atoms with E-state index >= 15 is 4.39 Å². The summed E-state index contributed by atoms with van der Waals surface area (Å²) in [7, 11) is 0. The number of nitrogens with zero attached hydrogens (tertiary/aromatic N) is 3. The van der Waals surface area contributed by atoms with Crippen molar-refractivity contribution in [2.75, 3.05) is 19.6 Å². The summed E-state index contributed by atoms with van der Waals surface area (Å²) in [6.07, 6.45) is -0.410. The summed E-state index contributed by atoms with van der Waals surface area (Å²) in [6.45, 7) is 5.53. The number of amides is 2. The number of halogens is 3. The molecule has 8 nitrogen and oxygen atoms in total. The average Bonchev–Trinajstić information content (AvgIpc) is 3.30. The highest BCUT2D eigenvalue weighted by atomic mass is 19.1. The number of imidazole rings is 1. The van der Waals surface area contributed by atoms with Gasteiger partial charge < -0.3 is 25.6 Å². The molecule has 1 aromatic heterocycles. The number of benzene rings is 2. The molecule has 2 aromatic carbocycles. The number of rotatable bonds is 11. The molecule has 232 valence electrons. The number of carbonyl (C=O) groups is 2. The summed E-state index contributed by atoms with van der Waals surface area (Å²) < 4.78 is 46.1. The third kappa shape index (κ3) is 7.64. The molecule has 0 radical (unpaired) electrons. The highest BCUT2D eigenvalue weighted by molar-refractivity contribution is 5.81. The van der Waals surface area contributed by atoms with Crippen molar-refractivity contribution >= 4 is 11.8 Å². The summed E-state index contributed by atoms with van der Waals surface area (Å²) in [5, 5.41) is 13.6. The smallest absolute Gasteiger partial charge is 0.252 e. The molecule has 4 rings (SSSR count). The number of aliphatic hydroxyl groups excluding tert-OH is 1. The van der Waals surface area contributed by atoms with E-state index in [2.05, 4.69) is 5.32 Å². The van der Waals surface area contributed by atoms with Crippen molar-refractivity contribution in [2.45, 2.75) is 64.9 Å². The second kappa shape index (κ2) is 13.7. The maximum absolute atomic E-state index is 15.1. The van der Waals surface area contributed by atoms with Crippen LogP contribution in [-0.2, 0) is 16.1 Å². The summed E-state index contributed by atoms with van der Waals surface area (Å²) in [6, 6.07) is 11.7. The molecule has 0 spiro atoms. The highest BCUT2D eigenvalue weighted by Crippen LogP contribution is 2.44. The molecule has 1 aliphatic heterocycles. The van der Waals surface area contributed by atoms with Crippen molar-refractivity contribution in [3.63, 3.8) is 0 Å². The molecule has 1 aliphatic rings. The van der Waals surface area contributed by atoms with Gasteiger partial charge in [0.1, 0.15) is 29.7 Å². The van der Waals surface area contributed by atoms with E-state index < -0.39 is 47.2 Å². The lowest BCUT2D eigenvalue weighted by Crippen LogP contribution is -2.49. The van der Waals surface area contributed by atoms with Gasteiger partial charge in [-0.15, -0.1) is 0 Å². The first-order valence-electron chi connectivity index (χ1n) is 14.5. The molecule has 0 bridgehead atoms. The maximum atomic E-state index is 15.1. The van der Waals surface area contributed by atoms with Crippen LogP contribution in [-0.4, -0.2) is 63.3 Å². The molecule has 43 heavy (non-hydrogen) atoms. The summed E-state index contributed by atoms with van der Waals surface area (Å²) in [4.78, 5) is 31.8. The maximum Gasteiger partial charge on any atom is 0.252 e. The van der Waals surface area contributed by atoms with E-state index in [4.69, 9.17) is 10.7 Å². The minimum Gasteiger partial charge on any atom is -0.383 e. The molecular formula is C32H40F3N5O3. The number of nitrogens with one attached hydrogen (secondary N) is 1. The molecule has 3 aromatic rings. The third-order valence-corrected chi connectivity index (χ3v) is 8.19. The van der Waals surface area contributed by atoms with E-state index in [-0.39, 0.29) is 49.6 Å². The van der Waals surface area contributed by atoms with Crippen LogP contribution in [0.3, 0.4) is 0 Å². The summed E-state index contributed by atoms with van der Waals surface area (Å²) in [5.74, 6) is -2.35. The number of carbonyl (C=O) groups excluding carboxylic acids is 2. The molecule has 0 saturated carbocycles. The van der Waals surface area contributed by atoms with Crippen LogP contribution in [0.5, 0.6) is 0 Å². The van der Waals surface area contributed by atoms with Crippen molar-refractivity contribution in [2.24, 2.45) is 17.1 Å². The molecular weight excluding hydrogens is 559 g/mol. The van der Waals surface area contributed by atoms with Gasteiger partial charge in [0.25, 0.3) is 5.91 Å². The van der Waals surface area contributed by atoms with Gasteiger partial charge in [0.15, 0.2) is 0 Å². The topological polar surface area (TPSA) is 113 Å². The number of hydrogen-bond acceptors (Lipinski definition) is 5. The van der Waals surface area contributed by atoms with E-state index in [1.165, 1.54) is 11.8 Å². The average molecular weight is 600 g/mol. The monoisotopic (exact) mass is 599 g/mol. The third-order valence-electron chi connectivity index (χ3n) is 8.19. The van der Waals surface area contributed by atoms with Gasteiger partial charge in [0.2, 0.25) is 5.91 Å². The quantitative estimate of drug-likeness (QED) is 0.303. The van der Waals surface area contributed by atoms with Gasteiger partial charge in [0.05, 0.1) is 11.7 Å². The molecule has 0 aliphatic carbocycles. The second-order valence-corrected chi connectivity index (χ2v) is 11.9. The molecule has 1 saturated heterocycles. The Labute approximate surface area is 250 Å². The molecule has 2 amide bonds. The first-order valence-corrected chi connectivity index (χ1v) is 14.5. The lowest BCUT2D eigenvalue weighted by molar-refractivity contribution is -0.145. The Morgan fingerprint density at radius 2 is 1.91 bits per heavy atom. The molecule has 1 fully saturated rings. The number of alkyl halides is 1. The first-order chi connectivity index (χ1) is 20.4. The van der Waals surface area contributed by atoms with Gasteiger partial charge in [-0.3, -0.25) is 9.59 Å². The van der Waals surface area contributed by atoms with Crippen LogP contribution in [0.1, 0.15) is 57.5 Å². The van der Waals surface area contributed by atoms with E-state index in [1.54, 1.807) is 10.8 Å². The Kier molecular flexibility index (Phi) is 10.3. The molecule has 4 atom stereocenters. The van der Waals surface area contributed by atoms with E-state index in [0.717, 1.165) is 23.8 Å². The van der Waals surface area contributed by atoms with Crippen molar-refractivity contribution in [3.8, 4) is 11.3 Å². The number of hydrogen-bond donors (Lipinski definition) is 3. The Bertz CT molecular complexity index is 1410. The van der Waals surface area contributed by atoms with Crippen LogP contribution >= 0.6 is 0 Å². The zero-order valence-electron chi connectivity index (χ0n) is 24.8. The minimum absolute atomic E-state index is 0.0235. The van der Waals surface area contributed by atoms with Crippen LogP contribution in [0.25, 0.3) is 11.3 Å². The number of likely N-dealkylation sites (tertiary alicyclic amines) is 1. The zero-order chi connectivity index (χ0) is 31.3. The standard InChI is InChI=1S/C32H40F3N5O3/c1-20(41)37-14-13-32(2,3)29(40-18-22(26(35)16-36)9-12-28(42)31(40)43)30-38-27(24-15-23(33)10-11-25(24)34)19-39(30)17-21-7-5-4-6-8-21/h4-8,10-11,15,19,22,26,28-29,42H,9,12-14,16-18,36H2,1-3H3,(H,37,41)/t22?,26?,28-,29?/m0/s1. The van der Waals surface area contributed by atoms with Gasteiger partial charge in [-0.05, 0) is 48.4 Å². The Hall–Kier alpha value is -3.70. The fraction of sp³-hybridized carbons (Fsp3) is 0.469. The van der Waals surface area contributed by atoms with Crippen LogP contribution in [0, 0.1) is 23.0 Å². The predicted molar refractivity (Wildman–Crippen MR) is 157 cm³/mol. The fourth-order valence-corrected chi connectivity index (χ4v) is 5.83. The minimum atomic E-state index is -1.40. The summed E-state index contributed by atoms with van der Waals surface area (Å²) >= 11 is 0. The number of aromatic nitrogens is 2. The lowest BCUT2D eigenvalue weighted by Gasteiger charge is -2.43. The molecule has 2 heterocycles. The second-order valence-electron chi connectivity index (χ2n) is 11.9. The molecule has 3 unspecified atom stereocenters. The Balaban J connectivity index is 1.91. The SMILES string of the molecule is CC(=O)NCCC(C)(C)C(c1nc(-c2cc(F)ccc2F)cn1Cc1ccccc1)N1CC(C(F)CN)CC[C@H](O)C1=O. The van der Waals surface area contributed by atoms with E-state index in [9.17, 15) is 23.5 Å². The molecule has 11 heteroatoms. The summed E-state index contributed by atoms with van der Waals surface area (Å²) in [5.41, 5.74) is 5.90. The van der Waals surface area contributed by atoms with Crippen molar-refractivity contribution < 1.29 is 27.9 Å². The largest absolute Gasteiger partial charge is 0.383 e. The van der Waals surface area contributed by atoms with Gasteiger partial charge in [-0.1, -0.05) is 44.2 Å². The highest BCUT2D eigenvalue weighted by Gasteiger charge is 2.45. The first kappa shape index (κ1) is 32.2. The Morgan fingerprint density at radius 3 is 2.58 bits per heavy atom. The van der Waals surface area contributed by atoms with Crippen LogP contribution in [0.2, 0.25) is 0 Å². The predicted octanol–water partition coefficient (Wildman–Crippen LogP) is 4.37. The van der Waals surface area contributed by atoms with Crippen molar-refractivity contribution in [1.29, 1.82) is 0 Å². The number of aliphatic hydroxyl groups is 1. The van der Waals surface area contributed by atoms with Crippen molar-refractivity contribution in [1.82, 2.24) is 19.8 Å². The van der Waals surface area contributed by atoms with E-state index in [0.29, 0.717) is 18.8 Å². The van der Waals surface area contributed by atoms with E-state index in [1.807, 2.05) is 44.2 Å². The number of nitrogens with two attached hydrogens (primary N) is 1. The van der Waals surface area contributed by atoms with Crippen LogP contribution in [0.15, 0.2) is 54.7 Å². The van der Waals surface area contributed by atoms with Gasteiger partial charge in [-0.2, -0.15) is 0 Å². The van der Waals surface area contributed by atoms with Crippen LogP contribution in [0.4, 0.5) is 13.2 Å². The zero-order valence-corrected chi connectivity index (χ0v) is 24.8. The van der Waals surface area contributed by atoms with Gasteiger partial charge in [-0.25, -0.2) is 18.2 Å². The normalized spacial score (nSPS) is 19.2.